The van der Waals surface area contributed by atoms with E-state index in [1.165, 1.54) is 0 Å². The second-order valence-electron chi connectivity index (χ2n) is 8.40. The lowest BCUT2D eigenvalue weighted by atomic mass is 9.79. The maximum atomic E-state index is 11.4. The van der Waals surface area contributed by atoms with Gasteiger partial charge in [-0.2, -0.15) is 0 Å². The quantitative estimate of drug-likeness (QED) is 0.651. The Morgan fingerprint density at radius 3 is 2.04 bits per heavy atom. The number of carboxylic acid groups (broad SMARTS) is 1. The van der Waals surface area contributed by atoms with Crippen molar-refractivity contribution in [1.29, 1.82) is 0 Å². The third kappa shape index (κ3) is 4.13. The molecule has 2 aromatic carbocycles. The molecular weight excluding hydrogens is 314 g/mol. The number of benzene rings is 2. The lowest BCUT2D eigenvalue weighted by Gasteiger charge is -2.28. The summed E-state index contributed by atoms with van der Waals surface area (Å²) >= 11 is 0. The fourth-order valence-corrected chi connectivity index (χ4v) is 2.66. The molecule has 4 heteroatoms. The number of carboxylic acids is 1. The molecule has 0 amide bonds. The Labute approximate surface area is 149 Å². The van der Waals surface area contributed by atoms with Crippen LogP contribution < -0.4 is 5.32 Å². The molecule has 0 aliphatic rings. The van der Waals surface area contributed by atoms with Crippen LogP contribution in [0.15, 0.2) is 36.4 Å². The van der Waals surface area contributed by atoms with Crippen LogP contribution >= 0.6 is 0 Å². The van der Waals surface area contributed by atoms with Crippen LogP contribution in [0.4, 0.5) is 11.4 Å². The molecule has 25 heavy (non-hydrogen) atoms. The van der Waals surface area contributed by atoms with Crippen molar-refractivity contribution in [1.82, 2.24) is 0 Å². The Kier molecular flexibility index (Phi) is 4.85. The summed E-state index contributed by atoms with van der Waals surface area (Å²) in [5.41, 5.74) is 2.70. The summed E-state index contributed by atoms with van der Waals surface area (Å²) in [5, 5.41) is 23.3. The van der Waals surface area contributed by atoms with Gasteiger partial charge in [-0.1, -0.05) is 59.7 Å². The van der Waals surface area contributed by atoms with Crippen molar-refractivity contribution < 1.29 is 15.0 Å². The van der Waals surface area contributed by atoms with Crippen molar-refractivity contribution in [2.45, 2.75) is 52.4 Å². The lowest BCUT2D eigenvalue weighted by molar-refractivity contribution is 0.0698. The van der Waals surface area contributed by atoms with Gasteiger partial charge in [-0.25, -0.2) is 4.79 Å². The molecule has 4 nitrogen and oxygen atoms in total. The smallest absolute Gasteiger partial charge is 0.337 e. The fourth-order valence-electron chi connectivity index (χ4n) is 2.66. The first-order valence-corrected chi connectivity index (χ1v) is 8.38. The number of hydrogen-bond donors (Lipinski definition) is 3. The largest absolute Gasteiger partial charge is 0.505 e. The minimum Gasteiger partial charge on any atom is -0.505 e. The molecule has 0 atom stereocenters. The molecule has 0 aliphatic carbocycles. The summed E-state index contributed by atoms with van der Waals surface area (Å²) in [6, 6.07) is 10.6. The van der Waals surface area contributed by atoms with E-state index in [0.29, 0.717) is 11.4 Å². The van der Waals surface area contributed by atoms with Gasteiger partial charge in [0.1, 0.15) is 5.75 Å². The average Bonchev–Trinajstić information content (AvgIpc) is 2.47. The van der Waals surface area contributed by atoms with Gasteiger partial charge in [0.05, 0.1) is 16.9 Å². The van der Waals surface area contributed by atoms with Crippen molar-refractivity contribution in [2.75, 3.05) is 5.32 Å². The zero-order valence-corrected chi connectivity index (χ0v) is 15.8. The number of phenols is 1. The Balaban J connectivity index is 2.64. The molecule has 0 unspecified atom stereocenters. The molecule has 0 radical (unpaired) electrons. The van der Waals surface area contributed by atoms with Crippen molar-refractivity contribution in [3.05, 3.63) is 53.1 Å². The maximum Gasteiger partial charge on any atom is 0.337 e. The Morgan fingerprint density at radius 1 is 0.920 bits per heavy atom. The number of anilines is 2. The first kappa shape index (κ1) is 18.8. The van der Waals surface area contributed by atoms with Crippen LogP contribution in [0.1, 0.15) is 63.0 Å². The third-order valence-corrected chi connectivity index (χ3v) is 4.21. The predicted molar refractivity (Wildman–Crippen MR) is 102 cm³/mol. The second-order valence-corrected chi connectivity index (χ2v) is 8.40. The summed E-state index contributed by atoms with van der Waals surface area (Å²) in [4.78, 5) is 11.4. The molecule has 0 fully saturated rings. The van der Waals surface area contributed by atoms with Crippen molar-refractivity contribution in [3.63, 3.8) is 0 Å². The highest BCUT2D eigenvalue weighted by Gasteiger charge is 2.25. The summed E-state index contributed by atoms with van der Waals surface area (Å²) in [6.07, 6.45) is 0. The predicted octanol–water partition coefficient (Wildman–Crippen LogP) is 5.43. The molecule has 0 saturated carbocycles. The number of rotatable bonds is 3. The third-order valence-electron chi connectivity index (χ3n) is 4.21. The van der Waals surface area contributed by atoms with Gasteiger partial charge >= 0.3 is 5.97 Å². The minimum atomic E-state index is -1.01. The minimum absolute atomic E-state index is 0.101. The summed E-state index contributed by atoms with van der Waals surface area (Å²) in [5.74, 6) is -0.855. The van der Waals surface area contributed by atoms with E-state index in [0.717, 1.165) is 11.1 Å². The SMILES string of the molecule is CC(C)(C)c1cc(Nc2ccccc2C(=O)O)c(O)c(C(C)(C)C)c1. The van der Waals surface area contributed by atoms with E-state index < -0.39 is 5.97 Å². The van der Waals surface area contributed by atoms with Gasteiger partial charge in [0.25, 0.3) is 0 Å². The summed E-state index contributed by atoms with van der Waals surface area (Å²) in [6.45, 7) is 12.5. The molecule has 2 aromatic rings. The standard InChI is InChI=1S/C21H27NO3/c1-20(2,3)13-11-15(21(4,5)6)18(23)17(12-13)22-16-10-8-7-9-14(16)19(24)25/h7-12,22-23H,1-6H3,(H,24,25). The average molecular weight is 341 g/mol. The molecule has 0 heterocycles. The molecular formula is C21H27NO3. The van der Waals surface area contributed by atoms with Gasteiger partial charge in [-0.3, -0.25) is 0 Å². The van der Waals surface area contributed by atoms with Gasteiger partial charge in [0, 0.05) is 5.56 Å². The normalized spacial score (nSPS) is 12.1. The maximum absolute atomic E-state index is 11.4. The van der Waals surface area contributed by atoms with Gasteiger partial charge in [-0.05, 0) is 34.6 Å². The highest BCUT2D eigenvalue weighted by atomic mass is 16.4. The fraction of sp³-hybridized carbons (Fsp3) is 0.381. The first-order valence-electron chi connectivity index (χ1n) is 8.38. The molecule has 134 valence electrons. The molecule has 0 bridgehead atoms. The van der Waals surface area contributed by atoms with E-state index in [1.807, 2.05) is 32.9 Å². The molecule has 0 aliphatic heterocycles. The Hall–Kier alpha value is -2.49. The zero-order chi connectivity index (χ0) is 19.0. The zero-order valence-electron chi connectivity index (χ0n) is 15.8. The number of phenolic OH excluding ortho intramolecular Hbond substituents is 1. The first-order chi connectivity index (χ1) is 11.4. The van der Waals surface area contributed by atoms with Gasteiger partial charge in [-0.15, -0.1) is 0 Å². The van der Waals surface area contributed by atoms with Crippen LogP contribution in [0.5, 0.6) is 5.75 Å². The topological polar surface area (TPSA) is 69.6 Å². The van der Waals surface area contributed by atoms with Crippen LogP contribution in [-0.4, -0.2) is 16.2 Å². The van der Waals surface area contributed by atoms with E-state index in [1.54, 1.807) is 24.3 Å². The number of nitrogens with one attached hydrogen (secondary N) is 1. The molecule has 0 spiro atoms. The highest BCUT2D eigenvalue weighted by Crippen LogP contribution is 2.41. The highest BCUT2D eigenvalue weighted by molar-refractivity contribution is 5.95. The van der Waals surface area contributed by atoms with Crippen LogP contribution in [0.25, 0.3) is 0 Å². The van der Waals surface area contributed by atoms with E-state index in [-0.39, 0.29) is 22.1 Å². The molecule has 0 saturated heterocycles. The monoisotopic (exact) mass is 341 g/mol. The van der Waals surface area contributed by atoms with Crippen molar-refractivity contribution >= 4 is 17.3 Å². The number of aromatic carboxylic acids is 1. The van der Waals surface area contributed by atoms with E-state index in [9.17, 15) is 15.0 Å². The molecule has 2 rings (SSSR count). The Morgan fingerprint density at radius 2 is 1.52 bits per heavy atom. The van der Waals surface area contributed by atoms with Crippen molar-refractivity contribution in [2.24, 2.45) is 0 Å². The van der Waals surface area contributed by atoms with E-state index in [4.69, 9.17) is 0 Å². The van der Waals surface area contributed by atoms with Crippen LogP contribution in [-0.2, 0) is 10.8 Å². The van der Waals surface area contributed by atoms with Gasteiger partial charge in [0.15, 0.2) is 0 Å². The number of aromatic hydroxyl groups is 1. The second kappa shape index (κ2) is 6.43. The van der Waals surface area contributed by atoms with Crippen molar-refractivity contribution in [3.8, 4) is 5.75 Å². The molecule has 3 N–H and O–H groups in total. The number of hydrogen-bond acceptors (Lipinski definition) is 3. The van der Waals surface area contributed by atoms with Gasteiger partial charge in [0.2, 0.25) is 0 Å². The number of carbonyl (C=O) groups is 1. The number of para-hydroxylation sites is 1. The molecule has 0 aromatic heterocycles. The van der Waals surface area contributed by atoms with E-state index >= 15 is 0 Å². The van der Waals surface area contributed by atoms with Crippen LogP contribution in [0.2, 0.25) is 0 Å². The van der Waals surface area contributed by atoms with Gasteiger partial charge < -0.3 is 15.5 Å². The van der Waals surface area contributed by atoms with Crippen LogP contribution in [0, 0.1) is 0 Å². The summed E-state index contributed by atoms with van der Waals surface area (Å²) < 4.78 is 0. The Bertz CT molecular complexity index is 796. The summed E-state index contributed by atoms with van der Waals surface area (Å²) in [7, 11) is 0. The van der Waals surface area contributed by atoms with E-state index in [2.05, 4.69) is 26.1 Å². The lowest BCUT2D eigenvalue weighted by Crippen LogP contribution is -2.17. The van der Waals surface area contributed by atoms with Crippen LogP contribution in [0.3, 0.4) is 0 Å².